The molecule has 0 aliphatic carbocycles. The van der Waals surface area contributed by atoms with Gasteiger partial charge in [-0.1, -0.05) is 18.2 Å². The summed E-state index contributed by atoms with van der Waals surface area (Å²) in [4.78, 5) is 18.4. The Morgan fingerprint density at radius 2 is 1.96 bits per heavy atom. The van der Waals surface area contributed by atoms with E-state index in [-0.39, 0.29) is 5.91 Å². The second-order valence-corrected chi connectivity index (χ2v) is 7.04. The lowest BCUT2D eigenvalue weighted by atomic mass is 10.0. The van der Waals surface area contributed by atoms with Gasteiger partial charge in [0, 0.05) is 43.5 Å². The summed E-state index contributed by atoms with van der Waals surface area (Å²) in [6.45, 7) is 3.48. The van der Waals surface area contributed by atoms with E-state index in [9.17, 15) is 4.79 Å². The Hall–Kier alpha value is -2.73. The van der Waals surface area contributed by atoms with Gasteiger partial charge in [0.2, 0.25) is 0 Å². The zero-order valence-electron chi connectivity index (χ0n) is 15.4. The summed E-state index contributed by atoms with van der Waals surface area (Å²) in [5.74, 6) is 0.0899. The number of fused-ring (bicyclic) bond motifs is 1. The molecule has 3 heterocycles. The highest BCUT2D eigenvalue weighted by molar-refractivity contribution is 5.93. The van der Waals surface area contributed by atoms with Gasteiger partial charge in [0.15, 0.2) is 0 Å². The van der Waals surface area contributed by atoms with Gasteiger partial charge in [0.1, 0.15) is 0 Å². The summed E-state index contributed by atoms with van der Waals surface area (Å²) in [5.41, 5.74) is 1.87. The van der Waals surface area contributed by atoms with Gasteiger partial charge >= 0.3 is 0 Å². The van der Waals surface area contributed by atoms with Gasteiger partial charge in [-0.3, -0.25) is 14.5 Å². The van der Waals surface area contributed by atoms with Crippen LogP contribution >= 0.6 is 0 Å². The van der Waals surface area contributed by atoms with Crippen molar-refractivity contribution >= 4 is 16.8 Å². The third-order valence-corrected chi connectivity index (χ3v) is 5.22. The van der Waals surface area contributed by atoms with E-state index in [4.69, 9.17) is 0 Å². The molecule has 1 aliphatic heterocycles. The van der Waals surface area contributed by atoms with Gasteiger partial charge in [-0.15, -0.1) is 0 Å². The third-order valence-electron chi connectivity index (χ3n) is 5.22. The topological polar surface area (TPSA) is 63.1 Å². The summed E-state index contributed by atoms with van der Waals surface area (Å²) >= 11 is 0. The van der Waals surface area contributed by atoms with Crippen LogP contribution in [0.1, 0.15) is 29.6 Å². The Balaban J connectivity index is 1.19. The summed E-state index contributed by atoms with van der Waals surface area (Å²) in [6.07, 6.45) is 8.30. The molecule has 1 aliphatic rings. The third kappa shape index (κ3) is 4.17. The number of carbonyl (C=O) groups is 1. The Morgan fingerprint density at radius 1 is 1.11 bits per heavy atom. The minimum atomic E-state index is 0.0899. The van der Waals surface area contributed by atoms with Crippen molar-refractivity contribution in [2.75, 3.05) is 19.6 Å². The number of amides is 1. The minimum Gasteiger partial charge on any atom is -0.338 e. The molecule has 140 valence electrons. The van der Waals surface area contributed by atoms with Crippen molar-refractivity contribution in [3.05, 3.63) is 60.6 Å². The van der Waals surface area contributed by atoms with Crippen molar-refractivity contribution < 1.29 is 4.79 Å². The number of hydrogen-bond acceptors (Lipinski definition) is 4. The SMILES string of the molecule is O=C(c1cccnc1)N1CCC(NCCCn2ncc3ccccc32)CC1. The highest BCUT2D eigenvalue weighted by Gasteiger charge is 2.23. The van der Waals surface area contributed by atoms with Gasteiger partial charge in [-0.2, -0.15) is 5.10 Å². The van der Waals surface area contributed by atoms with Gasteiger partial charge in [0.05, 0.1) is 17.3 Å². The molecule has 6 nitrogen and oxygen atoms in total. The number of carbonyl (C=O) groups excluding carboxylic acids is 1. The zero-order valence-corrected chi connectivity index (χ0v) is 15.4. The number of nitrogens with zero attached hydrogens (tertiary/aromatic N) is 4. The van der Waals surface area contributed by atoms with Gasteiger partial charge in [-0.05, 0) is 44.0 Å². The number of likely N-dealkylation sites (tertiary alicyclic amines) is 1. The second-order valence-electron chi connectivity index (χ2n) is 7.04. The summed E-state index contributed by atoms with van der Waals surface area (Å²) in [6, 6.07) is 12.4. The first-order chi connectivity index (χ1) is 13.3. The Kier molecular flexibility index (Phi) is 5.44. The van der Waals surface area contributed by atoms with Crippen LogP contribution in [0.5, 0.6) is 0 Å². The summed E-state index contributed by atoms with van der Waals surface area (Å²) in [7, 11) is 0. The molecule has 1 fully saturated rings. The van der Waals surface area contributed by atoms with E-state index in [1.807, 2.05) is 29.3 Å². The Labute approximate surface area is 159 Å². The molecule has 1 aromatic carbocycles. The summed E-state index contributed by atoms with van der Waals surface area (Å²) < 4.78 is 2.08. The maximum atomic E-state index is 12.5. The van der Waals surface area contributed by atoms with E-state index in [1.165, 1.54) is 10.9 Å². The lowest BCUT2D eigenvalue weighted by Gasteiger charge is -2.32. The molecular formula is C21H25N5O. The molecule has 6 heteroatoms. The van der Waals surface area contributed by atoms with Crippen LogP contribution in [0.4, 0.5) is 0 Å². The number of nitrogens with one attached hydrogen (secondary N) is 1. The normalized spacial score (nSPS) is 15.3. The number of benzene rings is 1. The number of piperidine rings is 1. The van der Waals surface area contributed by atoms with E-state index in [2.05, 4.69) is 38.3 Å². The van der Waals surface area contributed by atoms with Crippen molar-refractivity contribution in [2.45, 2.75) is 31.8 Å². The lowest BCUT2D eigenvalue weighted by molar-refractivity contribution is 0.0705. The van der Waals surface area contributed by atoms with Crippen LogP contribution in [0, 0.1) is 0 Å². The molecule has 0 bridgehead atoms. The average Bonchev–Trinajstić information content (AvgIpc) is 3.15. The number of rotatable bonds is 6. The predicted molar refractivity (Wildman–Crippen MR) is 106 cm³/mol. The molecule has 1 N–H and O–H groups in total. The molecule has 0 radical (unpaired) electrons. The Bertz CT molecular complexity index is 884. The van der Waals surface area contributed by atoms with Crippen molar-refractivity contribution in [1.82, 2.24) is 25.0 Å². The van der Waals surface area contributed by atoms with E-state index < -0.39 is 0 Å². The van der Waals surface area contributed by atoms with Crippen molar-refractivity contribution in [1.29, 1.82) is 0 Å². The number of pyridine rings is 1. The van der Waals surface area contributed by atoms with Crippen LogP contribution < -0.4 is 5.32 Å². The molecule has 0 spiro atoms. The fourth-order valence-electron chi connectivity index (χ4n) is 3.70. The number of aromatic nitrogens is 3. The zero-order chi connectivity index (χ0) is 18.5. The van der Waals surface area contributed by atoms with Crippen molar-refractivity contribution in [2.24, 2.45) is 0 Å². The molecule has 1 saturated heterocycles. The van der Waals surface area contributed by atoms with Crippen LogP contribution in [0.3, 0.4) is 0 Å². The molecule has 3 aromatic rings. The van der Waals surface area contributed by atoms with Crippen LogP contribution in [0.25, 0.3) is 10.9 Å². The number of hydrogen-bond donors (Lipinski definition) is 1. The van der Waals surface area contributed by atoms with E-state index in [1.54, 1.807) is 12.4 Å². The fraction of sp³-hybridized carbons (Fsp3) is 0.381. The lowest BCUT2D eigenvalue weighted by Crippen LogP contribution is -2.45. The molecule has 1 amide bonds. The van der Waals surface area contributed by atoms with Crippen LogP contribution in [-0.2, 0) is 6.54 Å². The first-order valence-corrected chi connectivity index (χ1v) is 9.64. The second kappa shape index (κ2) is 8.31. The average molecular weight is 363 g/mol. The summed E-state index contributed by atoms with van der Waals surface area (Å²) in [5, 5.41) is 9.31. The highest BCUT2D eigenvalue weighted by Crippen LogP contribution is 2.15. The molecular weight excluding hydrogens is 338 g/mol. The predicted octanol–water partition coefficient (Wildman–Crippen LogP) is 2.72. The van der Waals surface area contributed by atoms with Gasteiger partial charge in [-0.25, -0.2) is 0 Å². The minimum absolute atomic E-state index is 0.0899. The van der Waals surface area contributed by atoms with E-state index in [0.29, 0.717) is 11.6 Å². The molecule has 0 unspecified atom stereocenters. The highest BCUT2D eigenvalue weighted by atomic mass is 16.2. The van der Waals surface area contributed by atoms with E-state index >= 15 is 0 Å². The molecule has 4 rings (SSSR count). The fourth-order valence-corrected chi connectivity index (χ4v) is 3.70. The van der Waals surface area contributed by atoms with Crippen molar-refractivity contribution in [3.63, 3.8) is 0 Å². The maximum Gasteiger partial charge on any atom is 0.255 e. The number of para-hydroxylation sites is 1. The van der Waals surface area contributed by atoms with Gasteiger partial charge < -0.3 is 10.2 Å². The standard InChI is InChI=1S/C21H25N5O/c27-21(18-6-3-10-22-15-18)25-13-8-19(9-14-25)23-11-4-12-26-20-7-2-1-5-17(20)16-24-26/h1-3,5-7,10,15-16,19,23H,4,8-9,11-14H2. The monoisotopic (exact) mass is 363 g/mol. The van der Waals surface area contributed by atoms with Crippen LogP contribution in [0.15, 0.2) is 55.0 Å². The smallest absolute Gasteiger partial charge is 0.255 e. The maximum absolute atomic E-state index is 12.5. The number of aryl methyl sites for hydroxylation is 1. The quantitative estimate of drug-likeness (QED) is 0.684. The van der Waals surface area contributed by atoms with Crippen LogP contribution in [0.2, 0.25) is 0 Å². The Morgan fingerprint density at radius 3 is 2.78 bits per heavy atom. The van der Waals surface area contributed by atoms with E-state index in [0.717, 1.165) is 45.4 Å². The molecule has 0 saturated carbocycles. The molecule has 2 aromatic heterocycles. The molecule has 27 heavy (non-hydrogen) atoms. The first kappa shape index (κ1) is 17.7. The molecule has 0 atom stereocenters. The van der Waals surface area contributed by atoms with Gasteiger partial charge in [0.25, 0.3) is 5.91 Å². The van der Waals surface area contributed by atoms with Crippen LogP contribution in [-0.4, -0.2) is 51.2 Å². The largest absolute Gasteiger partial charge is 0.338 e. The first-order valence-electron chi connectivity index (χ1n) is 9.64. The van der Waals surface area contributed by atoms with Crippen molar-refractivity contribution in [3.8, 4) is 0 Å².